The van der Waals surface area contributed by atoms with E-state index < -0.39 is 0 Å². The minimum Gasteiger partial charge on any atom is -0.384 e. The Hall–Kier alpha value is -0.360. The van der Waals surface area contributed by atoms with Gasteiger partial charge in [-0.2, -0.15) is 0 Å². The third-order valence-electron chi connectivity index (χ3n) is 1.77. The highest BCUT2D eigenvalue weighted by atomic mass is 127. The second-order valence-electron chi connectivity index (χ2n) is 2.70. The summed E-state index contributed by atoms with van der Waals surface area (Å²) in [5.74, 6) is 0.543. The Kier molecular flexibility index (Phi) is 2.42. The number of hydrogen-bond acceptors (Lipinski definition) is 2. The van der Waals surface area contributed by atoms with Crippen molar-refractivity contribution in [2.45, 2.75) is 0 Å². The number of nitrogens with two attached hydrogens (primary N) is 1. The first-order valence-corrected chi connectivity index (χ1v) is 5.55. The summed E-state index contributed by atoms with van der Waals surface area (Å²) in [5, 5.41) is 2.21. The molecule has 0 spiro atoms. The lowest BCUT2D eigenvalue weighted by molar-refractivity contribution is 1.32. The average Bonchev–Trinajstić information content (AvgIpc) is 2.02. The van der Waals surface area contributed by atoms with Gasteiger partial charge in [0.1, 0.15) is 10.4 Å². The maximum Gasteiger partial charge on any atom is 0.125 e. The van der Waals surface area contributed by atoms with Crippen molar-refractivity contribution in [2.24, 2.45) is 0 Å². The Morgan fingerprint density at radius 1 is 1.31 bits per heavy atom. The molecule has 0 amide bonds. The van der Waals surface area contributed by atoms with E-state index in [0.717, 1.165) is 15.4 Å². The monoisotopic (exact) mass is 348 g/mol. The predicted octanol–water partition coefficient (Wildman–Crippen LogP) is 3.18. The molecule has 2 nitrogen and oxygen atoms in total. The van der Waals surface area contributed by atoms with Gasteiger partial charge in [-0.05, 0) is 62.1 Å². The highest BCUT2D eigenvalue weighted by Gasteiger charge is 2.01. The smallest absolute Gasteiger partial charge is 0.125 e. The van der Waals surface area contributed by atoms with Gasteiger partial charge in [-0.3, -0.25) is 0 Å². The van der Waals surface area contributed by atoms with Gasteiger partial charge in [0.05, 0.1) is 0 Å². The van der Waals surface area contributed by atoms with E-state index in [1.54, 1.807) is 0 Å². The summed E-state index contributed by atoms with van der Waals surface area (Å²) in [7, 11) is 0. The molecular weight excluding hydrogens is 343 g/mol. The molecule has 0 aliphatic rings. The number of hydrogen-bond donors (Lipinski definition) is 1. The van der Waals surface area contributed by atoms with E-state index in [-0.39, 0.29) is 0 Å². The van der Waals surface area contributed by atoms with Crippen LogP contribution in [0.25, 0.3) is 10.8 Å². The molecule has 0 fully saturated rings. The molecule has 2 rings (SSSR count). The zero-order valence-corrected chi connectivity index (χ0v) is 10.3. The summed E-state index contributed by atoms with van der Waals surface area (Å²) in [6.07, 6.45) is 0. The van der Waals surface area contributed by atoms with Crippen LogP contribution in [-0.4, -0.2) is 4.98 Å². The maximum atomic E-state index is 5.63. The molecule has 66 valence electrons. The highest BCUT2D eigenvalue weighted by molar-refractivity contribution is 14.1. The number of benzene rings is 1. The van der Waals surface area contributed by atoms with Crippen molar-refractivity contribution >= 4 is 55.1 Å². The SMILES string of the molecule is Nc1cc2cc(I)ccc2c(Br)n1. The molecule has 0 unspecified atom stereocenters. The largest absolute Gasteiger partial charge is 0.384 e. The van der Waals surface area contributed by atoms with Gasteiger partial charge in [0.25, 0.3) is 0 Å². The van der Waals surface area contributed by atoms with Gasteiger partial charge in [-0.25, -0.2) is 4.98 Å². The minimum absolute atomic E-state index is 0.543. The van der Waals surface area contributed by atoms with E-state index >= 15 is 0 Å². The molecule has 2 aromatic rings. The van der Waals surface area contributed by atoms with Crippen molar-refractivity contribution in [1.82, 2.24) is 4.98 Å². The van der Waals surface area contributed by atoms with Gasteiger partial charge < -0.3 is 5.73 Å². The number of pyridine rings is 1. The fraction of sp³-hybridized carbons (Fsp3) is 0. The standard InChI is InChI=1S/C9H6BrIN2/c10-9-7-2-1-6(11)3-5(7)4-8(12)13-9/h1-4H,(H2,12,13). The lowest BCUT2D eigenvalue weighted by Crippen LogP contribution is -1.90. The van der Waals surface area contributed by atoms with E-state index in [2.05, 4.69) is 49.6 Å². The predicted molar refractivity (Wildman–Crippen MR) is 66.6 cm³/mol. The molecule has 4 heteroatoms. The molecule has 0 atom stereocenters. The van der Waals surface area contributed by atoms with Gasteiger partial charge in [-0.15, -0.1) is 0 Å². The normalized spacial score (nSPS) is 10.6. The van der Waals surface area contributed by atoms with Gasteiger partial charge in [0.15, 0.2) is 0 Å². The molecular formula is C9H6BrIN2. The summed E-state index contributed by atoms with van der Waals surface area (Å²) >= 11 is 5.65. The Labute approximate surface area is 97.8 Å². The minimum atomic E-state index is 0.543. The number of rotatable bonds is 0. The number of nitrogen functional groups attached to an aromatic ring is 1. The van der Waals surface area contributed by atoms with Crippen molar-refractivity contribution in [3.8, 4) is 0 Å². The third kappa shape index (κ3) is 1.78. The zero-order valence-electron chi connectivity index (χ0n) is 6.59. The number of fused-ring (bicyclic) bond motifs is 1. The fourth-order valence-corrected chi connectivity index (χ4v) is 2.29. The number of aromatic nitrogens is 1. The second-order valence-corrected chi connectivity index (χ2v) is 4.70. The summed E-state index contributed by atoms with van der Waals surface area (Å²) < 4.78 is 2.00. The van der Waals surface area contributed by atoms with E-state index in [0.29, 0.717) is 5.82 Å². The van der Waals surface area contributed by atoms with Gasteiger partial charge in [-0.1, -0.05) is 6.07 Å². The quantitative estimate of drug-likeness (QED) is 0.586. The van der Waals surface area contributed by atoms with Crippen LogP contribution in [0.4, 0.5) is 5.82 Å². The summed E-state index contributed by atoms with van der Waals surface area (Å²) in [4.78, 5) is 4.12. The first-order chi connectivity index (χ1) is 6.16. The highest BCUT2D eigenvalue weighted by Crippen LogP contribution is 2.25. The van der Waals surface area contributed by atoms with Crippen LogP contribution in [-0.2, 0) is 0 Å². The molecule has 0 aliphatic carbocycles. The Morgan fingerprint density at radius 3 is 2.85 bits per heavy atom. The van der Waals surface area contributed by atoms with Crippen LogP contribution >= 0.6 is 38.5 Å². The second kappa shape index (κ2) is 3.42. The Bertz CT molecular complexity index is 465. The zero-order chi connectivity index (χ0) is 9.42. The van der Waals surface area contributed by atoms with Crippen molar-refractivity contribution in [2.75, 3.05) is 5.73 Å². The number of anilines is 1. The van der Waals surface area contributed by atoms with Crippen LogP contribution in [0, 0.1) is 3.57 Å². The van der Waals surface area contributed by atoms with Gasteiger partial charge >= 0.3 is 0 Å². The molecule has 13 heavy (non-hydrogen) atoms. The van der Waals surface area contributed by atoms with Crippen LogP contribution in [0.2, 0.25) is 0 Å². The molecule has 1 aromatic heterocycles. The molecule has 0 radical (unpaired) electrons. The van der Waals surface area contributed by atoms with Gasteiger partial charge in [0.2, 0.25) is 0 Å². The summed E-state index contributed by atoms with van der Waals surface area (Å²) in [6.45, 7) is 0. The maximum absolute atomic E-state index is 5.63. The van der Waals surface area contributed by atoms with Crippen LogP contribution in [0.1, 0.15) is 0 Å². The molecule has 0 saturated heterocycles. The van der Waals surface area contributed by atoms with E-state index in [1.165, 1.54) is 3.57 Å². The molecule has 1 aromatic carbocycles. The summed E-state index contributed by atoms with van der Waals surface area (Å²) in [6, 6.07) is 8.04. The van der Waals surface area contributed by atoms with Crippen LogP contribution in [0.5, 0.6) is 0 Å². The lowest BCUT2D eigenvalue weighted by Gasteiger charge is -2.01. The first kappa shape index (κ1) is 9.21. The molecule has 2 N–H and O–H groups in total. The Balaban J connectivity index is 2.86. The van der Waals surface area contributed by atoms with Crippen molar-refractivity contribution in [3.63, 3.8) is 0 Å². The van der Waals surface area contributed by atoms with E-state index in [1.807, 2.05) is 18.2 Å². The number of nitrogens with zero attached hydrogens (tertiary/aromatic N) is 1. The van der Waals surface area contributed by atoms with E-state index in [9.17, 15) is 0 Å². The first-order valence-electron chi connectivity index (χ1n) is 3.68. The summed E-state index contributed by atoms with van der Waals surface area (Å²) in [5.41, 5.74) is 5.63. The Morgan fingerprint density at radius 2 is 2.08 bits per heavy atom. The van der Waals surface area contributed by atoms with Crippen LogP contribution in [0.15, 0.2) is 28.9 Å². The van der Waals surface area contributed by atoms with Crippen molar-refractivity contribution in [1.29, 1.82) is 0 Å². The van der Waals surface area contributed by atoms with Crippen LogP contribution in [0.3, 0.4) is 0 Å². The van der Waals surface area contributed by atoms with E-state index in [4.69, 9.17) is 5.73 Å². The van der Waals surface area contributed by atoms with Crippen LogP contribution < -0.4 is 5.73 Å². The lowest BCUT2D eigenvalue weighted by atomic mass is 10.2. The van der Waals surface area contributed by atoms with Gasteiger partial charge in [0, 0.05) is 8.96 Å². The average molecular weight is 349 g/mol. The van der Waals surface area contributed by atoms with Crippen molar-refractivity contribution < 1.29 is 0 Å². The number of halogens is 2. The van der Waals surface area contributed by atoms with Crippen molar-refractivity contribution in [3.05, 3.63) is 32.4 Å². The molecule has 0 saturated carbocycles. The molecule has 1 heterocycles. The molecule has 0 aliphatic heterocycles. The topological polar surface area (TPSA) is 38.9 Å². The fourth-order valence-electron chi connectivity index (χ4n) is 1.21. The molecule has 0 bridgehead atoms. The third-order valence-corrected chi connectivity index (χ3v) is 3.04.